The van der Waals surface area contributed by atoms with E-state index in [9.17, 15) is 31.5 Å². The van der Waals surface area contributed by atoms with Crippen LogP contribution in [0.1, 0.15) is 12.5 Å². The Balaban J connectivity index is 2.01. The molecule has 0 fully saturated rings. The molecule has 0 saturated carbocycles. The van der Waals surface area contributed by atoms with Crippen molar-refractivity contribution in [3.8, 4) is 5.75 Å². The van der Waals surface area contributed by atoms with Gasteiger partial charge in [-0.2, -0.15) is 10.1 Å². The second kappa shape index (κ2) is 9.13. The van der Waals surface area contributed by atoms with Gasteiger partial charge in [0.05, 0.1) is 19.3 Å². The van der Waals surface area contributed by atoms with Crippen LogP contribution >= 0.6 is 38.5 Å². The van der Waals surface area contributed by atoms with Crippen molar-refractivity contribution in [1.29, 1.82) is 0 Å². The van der Waals surface area contributed by atoms with Crippen LogP contribution in [-0.4, -0.2) is 29.3 Å². The quantitative estimate of drug-likeness (QED) is 0.166. The third-order valence-electron chi connectivity index (χ3n) is 4.13. The number of nitrogens with zero attached hydrogens (tertiary/aromatic N) is 2. The van der Waals surface area contributed by atoms with Crippen molar-refractivity contribution in [2.24, 2.45) is 5.10 Å². The number of hydrogen-bond donors (Lipinski definition) is 1. The van der Waals surface area contributed by atoms with E-state index in [0.717, 1.165) is 0 Å². The fraction of sp³-hybridized carbons (Fsp3) is 0.105. The topological polar surface area (TPSA) is 79.2 Å². The largest absolute Gasteiger partial charge is 0.480 e. The zero-order chi connectivity index (χ0) is 23.9. The molecule has 168 valence electrons. The smallest absolute Gasteiger partial charge is 0.341 e. The SMILES string of the molecule is CC1=NN(c2c(F)c(F)c(F)c(F)c2F)C(=O)/C1=C/c1cc(Br)c(OCC(=O)O)c(I)c1. The van der Waals surface area contributed by atoms with Crippen molar-refractivity contribution in [3.05, 3.63) is 60.4 Å². The van der Waals surface area contributed by atoms with Gasteiger partial charge in [-0.15, -0.1) is 0 Å². The predicted octanol–water partition coefficient (Wildman–Crippen LogP) is 5.02. The fourth-order valence-electron chi connectivity index (χ4n) is 2.72. The molecule has 1 heterocycles. The van der Waals surface area contributed by atoms with Gasteiger partial charge in [-0.1, -0.05) is 0 Å². The number of anilines is 1. The van der Waals surface area contributed by atoms with Gasteiger partial charge in [0.15, 0.2) is 29.9 Å². The summed E-state index contributed by atoms with van der Waals surface area (Å²) >= 11 is 5.09. The molecule has 2 aromatic rings. The van der Waals surface area contributed by atoms with Crippen LogP contribution in [0.3, 0.4) is 0 Å². The molecule has 0 aromatic heterocycles. The summed E-state index contributed by atoms with van der Waals surface area (Å²) in [5, 5.41) is 12.5. The molecule has 32 heavy (non-hydrogen) atoms. The minimum atomic E-state index is -2.35. The Hall–Kier alpha value is -2.55. The summed E-state index contributed by atoms with van der Waals surface area (Å²) < 4.78 is 74.6. The fourth-order valence-corrected chi connectivity index (χ4v) is 4.49. The molecule has 1 amide bonds. The molecule has 1 aliphatic rings. The number of ether oxygens (including phenoxy) is 1. The third-order valence-corrected chi connectivity index (χ3v) is 5.52. The van der Waals surface area contributed by atoms with Crippen LogP contribution in [0, 0.1) is 32.7 Å². The number of benzene rings is 2. The van der Waals surface area contributed by atoms with E-state index in [1.165, 1.54) is 25.1 Å². The molecule has 0 atom stereocenters. The number of halogens is 7. The zero-order valence-corrected chi connectivity index (χ0v) is 19.4. The summed E-state index contributed by atoms with van der Waals surface area (Å²) in [6.07, 6.45) is 1.29. The van der Waals surface area contributed by atoms with Gasteiger partial charge in [0.1, 0.15) is 11.4 Å². The maximum absolute atomic E-state index is 14.1. The highest BCUT2D eigenvalue weighted by Crippen LogP contribution is 2.36. The number of hydrazone groups is 1. The number of carboxylic acids is 1. The normalized spacial score (nSPS) is 14.9. The highest BCUT2D eigenvalue weighted by Gasteiger charge is 2.37. The summed E-state index contributed by atoms with van der Waals surface area (Å²) in [5.41, 5.74) is -1.28. The van der Waals surface area contributed by atoms with E-state index < -0.39 is 53.3 Å². The lowest BCUT2D eigenvalue weighted by molar-refractivity contribution is -0.139. The van der Waals surface area contributed by atoms with Crippen LogP contribution in [0.2, 0.25) is 0 Å². The van der Waals surface area contributed by atoms with Crippen LogP contribution in [0.5, 0.6) is 5.75 Å². The zero-order valence-electron chi connectivity index (χ0n) is 15.7. The first-order valence-electron chi connectivity index (χ1n) is 8.40. The molecule has 2 aromatic carbocycles. The van der Waals surface area contributed by atoms with E-state index in [4.69, 9.17) is 9.84 Å². The number of carbonyl (C=O) groups is 2. The Kier molecular flexibility index (Phi) is 6.88. The summed E-state index contributed by atoms with van der Waals surface area (Å²) in [5.74, 6) is -13.2. The van der Waals surface area contributed by atoms with Crippen LogP contribution < -0.4 is 9.75 Å². The van der Waals surface area contributed by atoms with E-state index in [-0.39, 0.29) is 22.0 Å². The van der Waals surface area contributed by atoms with Crippen molar-refractivity contribution < 1.29 is 41.4 Å². The van der Waals surface area contributed by atoms with E-state index in [1.807, 2.05) is 22.6 Å². The van der Waals surface area contributed by atoms with Gasteiger partial charge in [-0.05, 0) is 69.2 Å². The van der Waals surface area contributed by atoms with Crippen LogP contribution in [-0.2, 0) is 9.59 Å². The Bertz CT molecular complexity index is 1180. The molecule has 0 radical (unpaired) electrons. The molecule has 0 spiro atoms. The molecule has 6 nitrogen and oxygen atoms in total. The summed E-state index contributed by atoms with van der Waals surface area (Å²) in [7, 11) is 0. The van der Waals surface area contributed by atoms with Crippen molar-refractivity contribution in [3.63, 3.8) is 0 Å². The molecule has 0 aliphatic carbocycles. The molecule has 13 heteroatoms. The highest BCUT2D eigenvalue weighted by molar-refractivity contribution is 14.1. The summed E-state index contributed by atoms with van der Waals surface area (Å²) in [6.45, 7) is 0.732. The standard InChI is InChI=1S/C19H9BrF5IN2O4/c1-6-8(2-7-3-9(20)18(10(26)4-7)32-5-11(29)30)19(31)28(27-6)17-15(24)13(22)12(21)14(23)16(17)25/h2-4H,5H2,1H3,(H,29,30)/b8-2+. The molecular formula is C19H9BrF5IN2O4. The second-order valence-corrected chi connectivity index (χ2v) is 8.29. The number of carbonyl (C=O) groups excluding carboxylic acids is 1. The molecule has 1 N–H and O–H groups in total. The van der Waals surface area contributed by atoms with Crippen molar-refractivity contribution in [2.45, 2.75) is 6.92 Å². The molecule has 3 rings (SSSR count). The minimum absolute atomic E-state index is 0.0312. The Morgan fingerprint density at radius 2 is 1.72 bits per heavy atom. The lowest BCUT2D eigenvalue weighted by atomic mass is 10.1. The first-order valence-corrected chi connectivity index (χ1v) is 10.3. The average Bonchev–Trinajstić information content (AvgIpc) is 2.98. The van der Waals surface area contributed by atoms with Gasteiger partial charge in [0.25, 0.3) is 5.91 Å². The predicted molar refractivity (Wildman–Crippen MR) is 115 cm³/mol. The first-order chi connectivity index (χ1) is 14.9. The maximum Gasteiger partial charge on any atom is 0.341 e. The molecule has 0 saturated heterocycles. The van der Waals surface area contributed by atoms with Crippen molar-refractivity contribution >= 4 is 67.9 Å². The van der Waals surface area contributed by atoms with E-state index in [0.29, 0.717) is 13.6 Å². The lowest BCUT2D eigenvalue weighted by Crippen LogP contribution is -2.25. The van der Waals surface area contributed by atoms with Crippen LogP contribution in [0.15, 0.2) is 27.3 Å². The maximum atomic E-state index is 14.1. The average molecular weight is 631 g/mol. The number of amides is 1. The van der Waals surface area contributed by atoms with Crippen LogP contribution in [0.25, 0.3) is 6.08 Å². The van der Waals surface area contributed by atoms with Crippen molar-refractivity contribution in [2.75, 3.05) is 11.6 Å². The number of hydrogen-bond acceptors (Lipinski definition) is 4. The summed E-state index contributed by atoms with van der Waals surface area (Å²) in [4.78, 5) is 23.4. The summed E-state index contributed by atoms with van der Waals surface area (Å²) in [6, 6.07) is 3.01. The lowest BCUT2D eigenvalue weighted by Gasteiger charge is -2.15. The van der Waals surface area contributed by atoms with Gasteiger partial charge in [-0.25, -0.2) is 26.7 Å². The Morgan fingerprint density at radius 3 is 2.25 bits per heavy atom. The monoisotopic (exact) mass is 630 g/mol. The number of carboxylic acid groups (broad SMARTS) is 1. The second-order valence-electron chi connectivity index (χ2n) is 6.27. The minimum Gasteiger partial charge on any atom is -0.480 e. The molecular weight excluding hydrogens is 622 g/mol. The molecule has 0 bridgehead atoms. The van der Waals surface area contributed by atoms with E-state index in [2.05, 4.69) is 21.0 Å². The van der Waals surface area contributed by atoms with Crippen LogP contribution in [0.4, 0.5) is 27.6 Å². The van der Waals surface area contributed by atoms with Crippen molar-refractivity contribution in [1.82, 2.24) is 0 Å². The Morgan fingerprint density at radius 1 is 1.16 bits per heavy atom. The molecule has 1 aliphatic heterocycles. The number of rotatable bonds is 5. The van der Waals surface area contributed by atoms with E-state index >= 15 is 0 Å². The third kappa shape index (κ3) is 4.35. The van der Waals surface area contributed by atoms with E-state index in [1.54, 1.807) is 0 Å². The van der Waals surface area contributed by atoms with Gasteiger partial charge in [-0.3, -0.25) is 4.79 Å². The number of aliphatic carboxylic acids is 1. The molecule has 0 unspecified atom stereocenters. The highest BCUT2D eigenvalue weighted by atomic mass is 127. The Labute approximate surface area is 198 Å². The van der Waals surface area contributed by atoms with Gasteiger partial charge in [0.2, 0.25) is 5.82 Å². The first kappa shape index (κ1) is 24.1. The van der Waals surface area contributed by atoms with Gasteiger partial charge < -0.3 is 9.84 Å². The van der Waals surface area contributed by atoms with Gasteiger partial charge >= 0.3 is 5.97 Å². The van der Waals surface area contributed by atoms with Gasteiger partial charge in [0, 0.05) is 0 Å².